The number of hydrogen-bond donors (Lipinski definition) is 0. The zero-order valence-corrected chi connectivity index (χ0v) is 45.9. The first-order valence-corrected chi connectivity index (χ1v) is 28.6. The molecule has 10 aromatic rings. The van der Waals surface area contributed by atoms with Crippen LogP contribution in [0, 0.1) is 0 Å². The molecule has 0 bridgehead atoms. The second-order valence-electron chi connectivity index (χ2n) is 23.0. The lowest BCUT2D eigenvalue weighted by atomic mass is 9.31. The Kier molecular flexibility index (Phi) is 12.5. The Morgan fingerprint density at radius 1 is 0.575 bits per heavy atom. The Bertz CT molecular complexity index is 4090. The van der Waals surface area contributed by atoms with Gasteiger partial charge in [0, 0.05) is 51.3 Å². The van der Waals surface area contributed by atoms with Gasteiger partial charge in [0.05, 0.1) is 16.7 Å². The molecule has 0 radical (unpaired) electrons. The molecule has 1 aromatic heterocycles. The van der Waals surface area contributed by atoms with Crippen molar-refractivity contribution in [3.8, 4) is 39.1 Å². The Morgan fingerprint density at radius 3 is 1.77 bits per heavy atom. The Hall–Kier alpha value is -9.12. The average Bonchev–Trinajstić information content (AvgIpc) is 3.95. The van der Waals surface area contributed by atoms with Crippen molar-refractivity contribution in [3.05, 3.63) is 294 Å². The van der Waals surface area contributed by atoms with Gasteiger partial charge in [0.25, 0.3) is 6.71 Å². The Labute approximate surface area is 471 Å². The summed E-state index contributed by atoms with van der Waals surface area (Å²) >= 11 is 0. The first-order valence-electron chi connectivity index (χ1n) is 28.6. The minimum absolute atomic E-state index is 0.0140. The van der Waals surface area contributed by atoms with E-state index in [0.717, 1.165) is 60.4 Å². The highest BCUT2D eigenvalue weighted by Crippen LogP contribution is 2.55. The van der Waals surface area contributed by atoms with Gasteiger partial charge >= 0.3 is 0 Å². The largest absolute Gasteiger partial charge is 0.462 e. The fourth-order valence-corrected chi connectivity index (χ4v) is 13.2. The van der Waals surface area contributed by atoms with E-state index in [1.54, 1.807) is 0 Å². The van der Waals surface area contributed by atoms with Crippen LogP contribution in [0.3, 0.4) is 0 Å². The molecule has 0 amide bonds. The molecule has 1 unspecified atom stereocenters. The number of para-hydroxylation sites is 2. The summed E-state index contributed by atoms with van der Waals surface area (Å²) in [6.07, 6.45) is 16.1. The van der Waals surface area contributed by atoms with Crippen molar-refractivity contribution in [2.75, 3.05) is 4.90 Å². The lowest BCUT2D eigenvalue weighted by molar-refractivity contribution is 0.379. The number of unbranched alkanes of at least 4 members (excludes halogenated alkanes) is 1. The van der Waals surface area contributed by atoms with Gasteiger partial charge in [0.1, 0.15) is 11.5 Å². The maximum Gasteiger partial charge on any atom is 0.255 e. The number of nitrogens with zero attached hydrogens (tertiary/aromatic N) is 2. The van der Waals surface area contributed by atoms with Gasteiger partial charge < -0.3 is 14.2 Å². The van der Waals surface area contributed by atoms with Crippen LogP contribution in [0.15, 0.2) is 272 Å². The van der Waals surface area contributed by atoms with E-state index in [9.17, 15) is 0 Å². The van der Waals surface area contributed by atoms with E-state index in [2.05, 4.69) is 280 Å². The average molecular weight is 1030 g/mol. The quantitative estimate of drug-likeness (QED) is 0.0730. The van der Waals surface area contributed by atoms with E-state index >= 15 is 0 Å². The van der Waals surface area contributed by atoms with Crippen LogP contribution in [0.1, 0.15) is 81.0 Å². The first-order chi connectivity index (χ1) is 39.3. The molecule has 9 aromatic carbocycles. The highest BCUT2D eigenvalue weighted by Gasteiger charge is 2.48. The standard InChI is InChI=1S/C76H63BN2O/c1-5-6-7-12-25-51-44-63(54-28-15-9-16-29-54)74(64(45-51)55-30-17-10-18-31-55)79-70-43-40-57(52-26-13-8-14-27-52)46-66(70)77-67-50-60(78-68-36-23-21-34-61(68)62-35-22-24-37-69(62)78)49-65(56-32-19-11-20-33-56)75(67)80-72-48-58(47-71(79)73(72)77)53-38-41-59(42-39-53)76(2,3)4/h5,8-39,41-42,44-48,50,65H,1,6-7,40,43,49H2,2-4H3/b25-12+. The van der Waals surface area contributed by atoms with Gasteiger partial charge in [-0.2, -0.15) is 0 Å². The smallest absolute Gasteiger partial charge is 0.255 e. The summed E-state index contributed by atoms with van der Waals surface area (Å²) in [7, 11) is 0. The van der Waals surface area contributed by atoms with Crippen LogP contribution in [0.4, 0.5) is 11.4 Å². The molecular weight excluding hydrogens is 968 g/mol. The molecule has 2 aliphatic carbocycles. The molecule has 3 nitrogen and oxygen atoms in total. The molecule has 4 heteroatoms. The second-order valence-corrected chi connectivity index (χ2v) is 23.0. The summed E-state index contributed by atoms with van der Waals surface area (Å²) in [5.74, 6) is 1.89. The predicted molar refractivity (Wildman–Crippen MR) is 340 cm³/mol. The number of anilines is 2. The molecule has 386 valence electrons. The third-order valence-electron chi connectivity index (χ3n) is 17.1. The number of fused-ring (bicyclic) bond motifs is 5. The third-order valence-corrected chi connectivity index (χ3v) is 17.1. The molecular formula is C76H63BN2O. The lowest BCUT2D eigenvalue weighted by Gasteiger charge is -2.46. The summed E-state index contributed by atoms with van der Waals surface area (Å²) in [6.45, 7) is 10.8. The van der Waals surface area contributed by atoms with Crippen molar-refractivity contribution in [2.45, 2.75) is 64.2 Å². The number of rotatable bonds is 11. The van der Waals surface area contributed by atoms with Gasteiger partial charge in [-0.1, -0.05) is 227 Å². The van der Waals surface area contributed by atoms with Gasteiger partial charge in [0.15, 0.2) is 0 Å². The molecule has 14 rings (SSSR count). The van der Waals surface area contributed by atoms with E-state index in [1.807, 2.05) is 6.08 Å². The Balaban J connectivity index is 1.10. The molecule has 80 heavy (non-hydrogen) atoms. The molecule has 1 atom stereocenters. The van der Waals surface area contributed by atoms with E-state index in [0.29, 0.717) is 0 Å². The van der Waals surface area contributed by atoms with Gasteiger partial charge in [-0.05, 0) is 140 Å². The minimum Gasteiger partial charge on any atom is -0.462 e. The first kappa shape index (κ1) is 49.2. The van der Waals surface area contributed by atoms with Crippen molar-refractivity contribution < 1.29 is 4.74 Å². The van der Waals surface area contributed by atoms with Crippen LogP contribution in [-0.2, 0) is 5.41 Å². The number of aromatic nitrogens is 1. The molecule has 2 aliphatic heterocycles. The van der Waals surface area contributed by atoms with E-state index in [4.69, 9.17) is 4.74 Å². The number of hydrogen-bond acceptors (Lipinski definition) is 2. The zero-order valence-electron chi connectivity index (χ0n) is 45.9. The van der Waals surface area contributed by atoms with Crippen molar-refractivity contribution >= 4 is 62.7 Å². The SMILES string of the molecule is C=CCC/C=C/c1cc(-c2ccccc2)c(N2C3=C(C=C(c4ccccc4)CC3)B3C4=C(Oc5cc(-c6ccc(C(C)(C)C)cc6)cc2c53)C(c2ccccc2)CC(n2c3ccccc3c3ccccc32)=C4)c(-c2ccccc2)c1. The van der Waals surface area contributed by atoms with Gasteiger partial charge in [-0.25, -0.2) is 0 Å². The fourth-order valence-electron chi connectivity index (χ4n) is 13.2. The van der Waals surface area contributed by atoms with E-state index in [-0.39, 0.29) is 18.0 Å². The van der Waals surface area contributed by atoms with E-state index in [1.165, 1.54) is 105 Å². The normalized spacial score (nSPS) is 15.9. The van der Waals surface area contributed by atoms with Gasteiger partial charge in [0.2, 0.25) is 0 Å². The topological polar surface area (TPSA) is 17.4 Å². The van der Waals surface area contributed by atoms with Crippen molar-refractivity contribution in [2.24, 2.45) is 0 Å². The third kappa shape index (κ3) is 8.62. The zero-order chi connectivity index (χ0) is 53.9. The molecule has 0 saturated heterocycles. The van der Waals surface area contributed by atoms with Crippen molar-refractivity contribution in [1.82, 2.24) is 4.57 Å². The summed E-state index contributed by atoms with van der Waals surface area (Å²) in [5, 5.41) is 2.52. The molecule has 4 aliphatic rings. The lowest BCUT2D eigenvalue weighted by Crippen LogP contribution is -2.49. The summed E-state index contributed by atoms with van der Waals surface area (Å²) in [4.78, 5) is 2.69. The highest BCUT2D eigenvalue weighted by atomic mass is 16.5. The summed E-state index contributed by atoms with van der Waals surface area (Å²) in [6, 6.07) is 81.1. The maximum atomic E-state index is 7.86. The van der Waals surface area contributed by atoms with Crippen LogP contribution in [-0.4, -0.2) is 11.3 Å². The summed E-state index contributed by atoms with van der Waals surface area (Å²) < 4.78 is 10.4. The molecule has 0 saturated carbocycles. The Morgan fingerprint density at radius 2 is 1.16 bits per heavy atom. The molecule has 3 heterocycles. The van der Waals surface area contributed by atoms with Crippen LogP contribution < -0.4 is 15.1 Å². The minimum atomic E-state index is -0.145. The van der Waals surface area contributed by atoms with Crippen LogP contribution in [0.25, 0.3) is 72.5 Å². The number of benzene rings is 9. The van der Waals surface area contributed by atoms with Crippen LogP contribution in [0.5, 0.6) is 5.75 Å². The van der Waals surface area contributed by atoms with Crippen molar-refractivity contribution in [1.29, 1.82) is 0 Å². The van der Waals surface area contributed by atoms with Gasteiger partial charge in [-0.15, -0.1) is 6.58 Å². The highest BCUT2D eigenvalue weighted by molar-refractivity contribution is 6.90. The van der Waals surface area contributed by atoms with Crippen LogP contribution in [0.2, 0.25) is 0 Å². The van der Waals surface area contributed by atoms with Crippen molar-refractivity contribution in [3.63, 3.8) is 0 Å². The number of ether oxygens (including phenoxy) is 1. The molecule has 0 fully saturated rings. The predicted octanol–water partition coefficient (Wildman–Crippen LogP) is 19.5. The summed E-state index contributed by atoms with van der Waals surface area (Å²) in [5.41, 5.74) is 24.4. The number of allylic oxidation sites excluding steroid dienone is 10. The monoisotopic (exact) mass is 1030 g/mol. The molecule has 0 spiro atoms. The second kappa shape index (κ2) is 20.3. The maximum absolute atomic E-state index is 7.86. The van der Waals surface area contributed by atoms with Crippen LogP contribution >= 0.6 is 0 Å². The molecule has 0 N–H and O–H groups in total. The van der Waals surface area contributed by atoms with Gasteiger partial charge in [-0.3, -0.25) is 0 Å². The fraction of sp³-hybridized carbons (Fsp3) is 0.132. The van der Waals surface area contributed by atoms with E-state index < -0.39 is 0 Å².